The van der Waals surface area contributed by atoms with Crippen LogP contribution in [0.1, 0.15) is 23.1 Å². The van der Waals surface area contributed by atoms with Crippen LogP contribution < -0.4 is 11.1 Å². The van der Waals surface area contributed by atoms with E-state index in [4.69, 9.17) is 5.11 Å². The molecule has 132 valence electrons. The molecule has 1 amide bonds. The van der Waals surface area contributed by atoms with Gasteiger partial charge in [0.25, 0.3) is 11.1 Å². The summed E-state index contributed by atoms with van der Waals surface area (Å²) in [5.74, 6) is 0.246. The molecule has 1 saturated heterocycles. The molecular weight excluding hydrogens is 322 g/mol. The van der Waals surface area contributed by atoms with Crippen LogP contribution in [0.3, 0.4) is 0 Å². The SMILES string of the molecule is O=C(Cc1cc(=O)[nH][nH]c1=O)N1CC[C@H](Cc2ccc(CO)cc2)C1. The van der Waals surface area contributed by atoms with Crippen molar-refractivity contribution in [3.8, 4) is 0 Å². The maximum Gasteiger partial charge on any atom is 0.266 e. The number of aromatic amines is 2. The fourth-order valence-electron chi connectivity index (χ4n) is 3.20. The Balaban J connectivity index is 1.58. The minimum atomic E-state index is -0.437. The number of aliphatic hydroxyl groups excluding tert-OH is 1. The smallest absolute Gasteiger partial charge is 0.266 e. The van der Waals surface area contributed by atoms with Gasteiger partial charge in [-0.3, -0.25) is 24.6 Å². The van der Waals surface area contributed by atoms with Gasteiger partial charge in [0.2, 0.25) is 5.91 Å². The van der Waals surface area contributed by atoms with Crippen LogP contribution in [0.4, 0.5) is 0 Å². The first kappa shape index (κ1) is 17.2. The number of rotatable bonds is 5. The Kier molecular flexibility index (Phi) is 5.14. The first-order valence-electron chi connectivity index (χ1n) is 8.32. The lowest BCUT2D eigenvalue weighted by Gasteiger charge is -2.16. The maximum absolute atomic E-state index is 12.4. The number of nitrogens with zero attached hydrogens (tertiary/aromatic N) is 1. The van der Waals surface area contributed by atoms with Gasteiger partial charge in [-0.25, -0.2) is 0 Å². The number of nitrogens with one attached hydrogen (secondary N) is 2. The Hall–Kier alpha value is -2.67. The van der Waals surface area contributed by atoms with Gasteiger partial charge < -0.3 is 10.0 Å². The highest BCUT2D eigenvalue weighted by atomic mass is 16.3. The Bertz CT molecular complexity index is 854. The monoisotopic (exact) mass is 343 g/mol. The Morgan fingerprint density at radius 3 is 2.60 bits per heavy atom. The van der Waals surface area contributed by atoms with E-state index in [2.05, 4.69) is 10.2 Å². The van der Waals surface area contributed by atoms with Crippen LogP contribution >= 0.6 is 0 Å². The minimum Gasteiger partial charge on any atom is -0.392 e. The van der Waals surface area contributed by atoms with Gasteiger partial charge in [-0.15, -0.1) is 0 Å². The molecule has 0 unspecified atom stereocenters. The van der Waals surface area contributed by atoms with Gasteiger partial charge in [-0.1, -0.05) is 24.3 Å². The molecule has 1 fully saturated rings. The molecule has 7 heteroatoms. The predicted octanol–water partition coefficient (Wildman–Crippen LogP) is 0.189. The number of carbonyl (C=O) groups excluding carboxylic acids is 1. The number of likely N-dealkylation sites (tertiary alicyclic amines) is 1. The van der Waals surface area contributed by atoms with Crippen molar-refractivity contribution in [1.29, 1.82) is 0 Å². The van der Waals surface area contributed by atoms with Gasteiger partial charge in [-0.2, -0.15) is 0 Å². The lowest BCUT2D eigenvalue weighted by Crippen LogP contribution is -2.33. The van der Waals surface area contributed by atoms with E-state index in [0.29, 0.717) is 19.0 Å². The number of aliphatic hydroxyl groups is 1. The third-order valence-corrected chi connectivity index (χ3v) is 4.61. The van der Waals surface area contributed by atoms with Crippen molar-refractivity contribution in [3.63, 3.8) is 0 Å². The van der Waals surface area contributed by atoms with E-state index >= 15 is 0 Å². The zero-order valence-corrected chi connectivity index (χ0v) is 13.8. The molecule has 3 N–H and O–H groups in total. The van der Waals surface area contributed by atoms with E-state index in [9.17, 15) is 14.4 Å². The van der Waals surface area contributed by atoms with Gasteiger partial charge in [0.1, 0.15) is 0 Å². The van der Waals surface area contributed by atoms with Crippen molar-refractivity contribution in [2.24, 2.45) is 5.92 Å². The third kappa shape index (κ3) is 4.24. The largest absolute Gasteiger partial charge is 0.392 e. The lowest BCUT2D eigenvalue weighted by atomic mass is 9.98. The molecule has 2 aromatic rings. The van der Waals surface area contributed by atoms with E-state index < -0.39 is 11.1 Å². The normalized spacial score (nSPS) is 17.0. The van der Waals surface area contributed by atoms with Gasteiger partial charge in [-0.05, 0) is 29.9 Å². The Morgan fingerprint density at radius 2 is 1.88 bits per heavy atom. The fourth-order valence-corrected chi connectivity index (χ4v) is 3.20. The molecule has 1 aromatic carbocycles. The highest BCUT2D eigenvalue weighted by molar-refractivity contribution is 5.78. The summed E-state index contributed by atoms with van der Waals surface area (Å²) >= 11 is 0. The highest BCUT2D eigenvalue weighted by Crippen LogP contribution is 2.21. The molecule has 3 rings (SSSR count). The molecule has 1 atom stereocenters. The molecule has 0 bridgehead atoms. The Labute approximate surface area is 144 Å². The standard InChI is InChI=1S/C18H21N3O4/c22-11-13-3-1-12(2-4-13)7-14-5-6-21(10-14)17(24)9-15-8-16(23)19-20-18(15)25/h1-4,8,14,22H,5-7,9-11H2,(H,19,23)(H,20,25)/t14-/m1/s1. The van der Waals surface area contributed by atoms with Crippen molar-refractivity contribution in [1.82, 2.24) is 15.1 Å². The molecule has 1 aliphatic heterocycles. The second-order valence-corrected chi connectivity index (χ2v) is 6.46. The summed E-state index contributed by atoms with van der Waals surface area (Å²) in [5.41, 5.74) is 1.40. The second-order valence-electron chi connectivity index (χ2n) is 6.46. The number of hydrogen-bond acceptors (Lipinski definition) is 4. The van der Waals surface area contributed by atoms with Gasteiger partial charge >= 0.3 is 0 Å². The molecule has 7 nitrogen and oxygen atoms in total. The van der Waals surface area contributed by atoms with Gasteiger partial charge in [0, 0.05) is 24.7 Å². The van der Waals surface area contributed by atoms with Crippen molar-refractivity contribution >= 4 is 5.91 Å². The molecule has 1 aliphatic rings. The molecule has 0 spiro atoms. The minimum absolute atomic E-state index is 0.0352. The lowest BCUT2D eigenvalue weighted by molar-refractivity contribution is -0.129. The van der Waals surface area contributed by atoms with Crippen LogP contribution in [0.25, 0.3) is 0 Å². The topological polar surface area (TPSA) is 106 Å². The summed E-state index contributed by atoms with van der Waals surface area (Å²) in [5, 5.41) is 13.5. The highest BCUT2D eigenvalue weighted by Gasteiger charge is 2.26. The first-order chi connectivity index (χ1) is 12.0. The third-order valence-electron chi connectivity index (χ3n) is 4.61. The summed E-state index contributed by atoms with van der Waals surface area (Å²) in [6, 6.07) is 9.00. The van der Waals surface area contributed by atoms with Gasteiger partial charge in [0.05, 0.1) is 13.0 Å². The molecular formula is C18H21N3O4. The molecule has 0 radical (unpaired) electrons. The predicted molar refractivity (Wildman–Crippen MR) is 92.1 cm³/mol. The molecule has 25 heavy (non-hydrogen) atoms. The van der Waals surface area contributed by atoms with Crippen LogP contribution in [-0.4, -0.2) is 39.2 Å². The fraction of sp³-hybridized carbons (Fsp3) is 0.389. The average molecular weight is 343 g/mol. The number of hydrogen-bond donors (Lipinski definition) is 3. The van der Waals surface area contributed by atoms with E-state index in [0.717, 1.165) is 18.4 Å². The van der Waals surface area contributed by atoms with E-state index in [-0.39, 0.29) is 24.5 Å². The number of aromatic nitrogens is 2. The van der Waals surface area contributed by atoms with Crippen LogP contribution in [-0.2, 0) is 24.2 Å². The van der Waals surface area contributed by atoms with Crippen molar-refractivity contribution < 1.29 is 9.90 Å². The van der Waals surface area contributed by atoms with Crippen LogP contribution in [0.2, 0.25) is 0 Å². The summed E-state index contributed by atoms with van der Waals surface area (Å²) < 4.78 is 0. The first-order valence-corrected chi connectivity index (χ1v) is 8.32. The zero-order chi connectivity index (χ0) is 17.8. The molecule has 0 saturated carbocycles. The zero-order valence-electron chi connectivity index (χ0n) is 13.8. The van der Waals surface area contributed by atoms with Crippen LogP contribution in [0, 0.1) is 5.92 Å². The van der Waals surface area contributed by atoms with E-state index in [1.54, 1.807) is 4.90 Å². The van der Waals surface area contributed by atoms with E-state index in [1.165, 1.54) is 11.6 Å². The quantitative estimate of drug-likeness (QED) is 0.720. The van der Waals surface area contributed by atoms with Crippen molar-refractivity contribution in [2.75, 3.05) is 13.1 Å². The van der Waals surface area contributed by atoms with E-state index in [1.807, 2.05) is 24.3 Å². The summed E-state index contributed by atoms with van der Waals surface area (Å²) in [4.78, 5) is 37.1. The number of amides is 1. The van der Waals surface area contributed by atoms with Crippen LogP contribution in [0.5, 0.6) is 0 Å². The number of benzene rings is 1. The number of H-pyrrole nitrogens is 2. The summed E-state index contributed by atoms with van der Waals surface area (Å²) in [6.07, 6.45) is 1.73. The molecule has 0 aliphatic carbocycles. The summed E-state index contributed by atoms with van der Waals surface area (Å²) in [7, 11) is 0. The average Bonchev–Trinajstić information content (AvgIpc) is 3.07. The second kappa shape index (κ2) is 7.48. The molecule has 1 aromatic heterocycles. The maximum atomic E-state index is 12.4. The van der Waals surface area contributed by atoms with Crippen LogP contribution in [0.15, 0.2) is 39.9 Å². The van der Waals surface area contributed by atoms with Crippen molar-refractivity contribution in [3.05, 3.63) is 67.7 Å². The Morgan fingerprint density at radius 1 is 1.16 bits per heavy atom. The van der Waals surface area contributed by atoms with Crippen molar-refractivity contribution in [2.45, 2.75) is 25.9 Å². The number of carbonyl (C=O) groups is 1. The molecule has 2 heterocycles. The van der Waals surface area contributed by atoms with Gasteiger partial charge in [0.15, 0.2) is 0 Å². The summed E-state index contributed by atoms with van der Waals surface area (Å²) in [6.45, 7) is 1.36.